The molecule has 11 nitrogen and oxygen atoms in total. The number of rotatable bonds is 10. The van der Waals surface area contributed by atoms with Gasteiger partial charge in [-0.1, -0.05) is 7.43 Å². The number of methoxy groups -OCH3 is 3. The molecular weight excluding hydrogens is 1010 g/mol. The first kappa shape index (κ1) is 65.2. The molecule has 65 heavy (non-hydrogen) atoms. The molecule has 0 unspecified atom stereocenters. The SMILES string of the molecule is C.COc1ccc(SCCN)cc1.COc1ccc(SCCNC(=O)C(F)(F)F)cc1.COc1ccc2c(c1)CN(C(=O)C(F)(F)F)CCS2.Cl.O=C(OC(=O)C(F)(F)F)C(F)(F)F.[Cl-]. The Morgan fingerprint density at radius 2 is 1.11 bits per heavy atom. The summed E-state index contributed by atoms with van der Waals surface area (Å²) in [5.41, 5.74) is 6.07. The van der Waals surface area contributed by atoms with E-state index in [1.54, 1.807) is 73.8 Å². The Balaban J connectivity index is -0.000000790. The molecule has 0 spiro atoms. The Hall–Kier alpha value is -4.11. The molecule has 1 aliphatic heterocycles. The Labute approximate surface area is 390 Å². The second-order valence-electron chi connectivity index (χ2n) is 11.3. The molecule has 1 aliphatic rings. The summed E-state index contributed by atoms with van der Waals surface area (Å²) in [5, 5.41) is 1.81. The normalized spacial score (nSPS) is 12.0. The summed E-state index contributed by atoms with van der Waals surface area (Å²) in [7, 11) is 4.71. The first-order valence-corrected chi connectivity index (χ1v) is 19.9. The summed E-state index contributed by atoms with van der Waals surface area (Å²) in [6, 6.07) is 20.4. The molecular formula is C37H42Cl2F12N3O8S3-. The molecule has 0 bridgehead atoms. The second kappa shape index (κ2) is 31.0. The number of carbonyl (C=O) groups is 4. The standard InChI is InChI=1S/C12H12F3NO2S.C11H12F3NO2S.C9H13NOS.C4F6O3.CH4.2ClH/c1-18-9-2-3-10-8(6-9)7-16(4-5-19-10)11(17)12(13,14)15;1-17-8-2-4-9(5-3-8)18-7-6-15-10(16)11(12,13)14;1-11-8-2-4-9(5-3-8)12-7-6-10;5-3(6,7)1(11)13-2(12)4(8,9)10;;;/h2-3,6H,4-5,7H2,1H3;2-5H,6-7H2,1H3,(H,15,16);2-5H,6-7,10H2,1H3;;1H4;2*1H/p-1. The van der Waals surface area contributed by atoms with Gasteiger partial charge in [-0.3, -0.25) is 9.59 Å². The van der Waals surface area contributed by atoms with Crippen LogP contribution in [0.3, 0.4) is 0 Å². The van der Waals surface area contributed by atoms with Crippen molar-refractivity contribution in [2.45, 2.75) is 53.4 Å². The number of ether oxygens (including phenoxy) is 4. The minimum absolute atomic E-state index is 0. The van der Waals surface area contributed by atoms with Gasteiger partial charge >= 0.3 is 48.5 Å². The van der Waals surface area contributed by atoms with Gasteiger partial charge < -0.3 is 47.3 Å². The van der Waals surface area contributed by atoms with Crippen LogP contribution < -0.4 is 37.7 Å². The average molecular weight is 1050 g/mol. The molecule has 370 valence electrons. The van der Waals surface area contributed by atoms with E-state index in [9.17, 15) is 71.9 Å². The molecule has 4 rings (SSSR count). The molecule has 3 N–H and O–H groups in total. The monoisotopic (exact) mass is 1050 g/mol. The largest absolute Gasteiger partial charge is 1.00 e. The number of amides is 2. The quantitative estimate of drug-likeness (QED) is 0.0791. The Morgan fingerprint density at radius 3 is 1.49 bits per heavy atom. The van der Waals surface area contributed by atoms with Crippen molar-refractivity contribution in [3.63, 3.8) is 0 Å². The number of nitrogens with two attached hydrogens (primary N) is 1. The third-order valence-corrected chi connectivity index (χ3v) is 10.00. The minimum Gasteiger partial charge on any atom is -1.00 e. The topological polar surface area (TPSA) is 146 Å². The lowest BCUT2D eigenvalue weighted by atomic mass is 10.2. The number of nitrogens with one attached hydrogen (secondary N) is 1. The van der Waals surface area contributed by atoms with Crippen LogP contribution in [-0.2, 0) is 30.5 Å². The van der Waals surface area contributed by atoms with Crippen LogP contribution in [0.1, 0.15) is 13.0 Å². The van der Waals surface area contributed by atoms with Crippen LogP contribution in [0.15, 0.2) is 81.4 Å². The van der Waals surface area contributed by atoms with Crippen molar-refractivity contribution in [3.05, 3.63) is 72.3 Å². The molecule has 0 radical (unpaired) electrons. The maximum atomic E-state index is 12.5. The highest BCUT2D eigenvalue weighted by molar-refractivity contribution is 7.99. The van der Waals surface area contributed by atoms with E-state index in [4.69, 9.17) is 19.9 Å². The molecule has 3 aromatic rings. The number of alkyl halides is 12. The first-order chi connectivity index (χ1) is 28.8. The van der Waals surface area contributed by atoms with E-state index in [0.29, 0.717) is 28.6 Å². The summed E-state index contributed by atoms with van der Waals surface area (Å²) in [4.78, 5) is 45.0. The number of fused-ring (bicyclic) bond motifs is 1. The van der Waals surface area contributed by atoms with Crippen LogP contribution in [0.4, 0.5) is 52.7 Å². The van der Waals surface area contributed by atoms with E-state index in [1.165, 1.54) is 35.5 Å². The van der Waals surface area contributed by atoms with Crippen molar-refractivity contribution in [1.82, 2.24) is 10.2 Å². The fraction of sp³-hybridized carbons (Fsp3) is 0.405. The van der Waals surface area contributed by atoms with Gasteiger partial charge in [0.1, 0.15) is 17.2 Å². The molecule has 3 aromatic carbocycles. The van der Waals surface area contributed by atoms with E-state index < -0.39 is 48.5 Å². The van der Waals surface area contributed by atoms with Crippen molar-refractivity contribution < 1.29 is 103 Å². The van der Waals surface area contributed by atoms with Crippen molar-refractivity contribution in [3.8, 4) is 17.2 Å². The lowest BCUT2D eigenvalue weighted by Gasteiger charge is -2.21. The zero-order chi connectivity index (χ0) is 47.3. The minimum atomic E-state index is -5.62. The van der Waals surface area contributed by atoms with Gasteiger partial charge in [0.25, 0.3) is 0 Å². The van der Waals surface area contributed by atoms with Crippen LogP contribution >= 0.6 is 47.7 Å². The molecule has 2 amide bonds. The van der Waals surface area contributed by atoms with Crippen LogP contribution in [0, 0.1) is 0 Å². The Kier molecular flexibility index (Phi) is 31.1. The molecule has 28 heteroatoms. The highest BCUT2D eigenvalue weighted by Crippen LogP contribution is 2.32. The number of esters is 2. The van der Waals surface area contributed by atoms with Crippen LogP contribution in [-0.4, -0.2) is 112 Å². The molecule has 0 aliphatic carbocycles. The van der Waals surface area contributed by atoms with Gasteiger partial charge in [-0.15, -0.1) is 47.7 Å². The van der Waals surface area contributed by atoms with Gasteiger partial charge in [-0.2, -0.15) is 52.7 Å². The van der Waals surface area contributed by atoms with E-state index in [2.05, 4.69) is 4.74 Å². The third-order valence-electron chi connectivity index (χ3n) is 6.84. The van der Waals surface area contributed by atoms with E-state index >= 15 is 0 Å². The molecule has 0 saturated heterocycles. The van der Waals surface area contributed by atoms with Gasteiger partial charge in [-0.05, 0) is 72.3 Å². The molecule has 0 aromatic heterocycles. The van der Waals surface area contributed by atoms with Crippen molar-refractivity contribution in [2.24, 2.45) is 5.73 Å². The number of thioether (sulfide) groups is 3. The smallest absolute Gasteiger partial charge is 0.491 e. The summed E-state index contributed by atoms with van der Waals surface area (Å²) in [6.07, 6.45) is -20.9. The molecule has 1 heterocycles. The van der Waals surface area contributed by atoms with Crippen molar-refractivity contribution in [1.29, 1.82) is 0 Å². The number of hydrogen-bond donors (Lipinski definition) is 2. The van der Waals surface area contributed by atoms with E-state index in [1.807, 2.05) is 24.3 Å². The van der Waals surface area contributed by atoms with E-state index in [0.717, 1.165) is 32.7 Å². The van der Waals surface area contributed by atoms with Gasteiger partial charge in [0.15, 0.2) is 0 Å². The molecule has 0 atom stereocenters. The van der Waals surface area contributed by atoms with Crippen LogP contribution in [0.25, 0.3) is 0 Å². The highest BCUT2D eigenvalue weighted by Gasteiger charge is 2.49. The summed E-state index contributed by atoms with van der Waals surface area (Å²) >= 11 is 4.56. The number of benzene rings is 3. The van der Waals surface area contributed by atoms with Gasteiger partial charge in [0.05, 0.1) is 21.3 Å². The van der Waals surface area contributed by atoms with Gasteiger partial charge in [-0.25, -0.2) is 9.59 Å². The second-order valence-corrected chi connectivity index (χ2v) is 14.8. The van der Waals surface area contributed by atoms with Gasteiger partial charge in [0, 0.05) is 58.1 Å². The molecule has 0 fully saturated rings. The number of hydrogen-bond acceptors (Lipinski definition) is 12. The predicted molar refractivity (Wildman–Crippen MR) is 218 cm³/mol. The molecule has 0 saturated carbocycles. The lowest BCUT2D eigenvalue weighted by Crippen LogP contribution is -3.00. The van der Waals surface area contributed by atoms with Crippen LogP contribution in [0.5, 0.6) is 17.2 Å². The Morgan fingerprint density at radius 1 is 0.677 bits per heavy atom. The summed E-state index contributed by atoms with van der Waals surface area (Å²) < 4.78 is 158. The average Bonchev–Trinajstić information content (AvgIpc) is 3.43. The van der Waals surface area contributed by atoms with Crippen molar-refractivity contribution >= 4 is 71.4 Å². The van der Waals surface area contributed by atoms with Crippen molar-refractivity contribution in [2.75, 3.05) is 58.2 Å². The summed E-state index contributed by atoms with van der Waals surface area (Å²) in [5.74, 6) is -6.13. The first-order valence-electron chi connectivity index (χ1n) is 16.9. The third kappa shape index (κ3) is 26.0. The summed E-state index contributed by atoms with van der Waals surface area (Å²) in [6.45, 7) is 0.726. The predicted octanol–water partition coefficient (Wildman–Crippen LogP) is 6.15. The van der Waals surface area contributed by atoms with Gasteiger partial charge in [0.2, 0.25) is 0 Å². The number of halogens is 14. The zero-order valence-corrected chi connectivity index (χ0v) is 37.2. The number of nitrogens with zero attached hydrogens (tertiary/aromatic N) is 1. The number of carbonyl (C=O) groups excluding carboxylic acids is 4. The maximum Gasteiger partial charge on any atom is 0.491 e. The fourth-order valence-corrected chi connectivity index (χ4v) is 6.46. The highest BCUT2D eigenvalue weighted by atomic mass is 35.5. The maximum absolute atomic E-state index is 12.5. The Bertz CT molecular complexity index is 1860. The van der Waals surface area contributed by atoms with Crippen LogP contribution in [0.2, 0.25) is 0 Å². The lowest BCUT2D eigenvalue weighted by molar-refractivity contribution is -0.221. The fourth-order valence-electron chi connectivity index (χ4n) is 4.00. The van der Waals surface area contributed by atoms with E-state index in [-0.39, 0.29) is 51.9 Å². The zero-order valence-electron chi connectivity index (χ0n) is 33.1.